The smallest absolute Gasteiger partial charge is 0.248 e. The van der Waals surface area contributed by atoms with Gasteiger partial charge in [-0.3, -0.25) is 0 Å². The molecular formula is C20H29F2N3O3S. The number of nitrogens with one attached hydrogen (secondary N) is 1. The van der Waals surface area contributed by atoms with Gasteiger partial charge in [0.1, 0.15) is 4.90 Å². The third-order valence-corrected chi connectivity index (χ3v) is 8.68. The van der Waals surface area contributed by atoms with Crippen molar-refractivity contribution in [2.24, 2.45) is 5.41 Å². The molecule has 0 radical (unpaired) electrons. The summed E-state index contributed by atoms with van der Waals surface area (Å²) in [7, 11) is -2.07. The standard InChI is InChI=1S/C20H29F2N3O3S/c1-14-17(3-4-18(23-14)28-2)29(26,27)25-12-19(13-25)8-5-16(11-19)24-15-6-9-20(21,22)10-7-15/h3-4,15-16,24H,5-13H2,1-2H3. The number of sulfonamides is 1. The minimum atomic E-state index is -3.57. The third-order valence-electron chi connectivity index (χ3n) is 6.75. The fraction of sp³-hybridized carbons (Fsp3) is 0.750. The zero-order valence-electron chi connectivity index (χ0n) is 17.0. The van der Waals surface area contributed by atoms with Gasteiger partial charge in [0.15, 0.2) is 0 Å². The summed E-state index contributed by atoms with van der Waals surface area (Å²) in [6, 6.07) is 3.57. The van der Waals surface area contributed by atoms with Crippen LogP contribution >= 0.6 is 0 Å². The lowest BCUT2D eigenvalue weighted by atomic mass is 9.80. The molecule has 2 heterocycles. The summed E-state index contributed by atoms with van der Waals surface area (Å²) in [6.45, 7) is 2.71. The first kappa shape index (κ1) is 20.9. The van der Waals surface area contributed by atoms with Crippen LogP contribution in [0.15, 0.2) is 17.0 Å². The van der Waals surface area contributed by atoms with Gasteiger partial charge >= 0.3 is 0 Å². The molecule has 3 aliphatic rings. The minimum Gasteiger partial charge on any atom is -0.481 e. The van der Waals surface area contributed by atoms with Crippen LogP contribution in [0.4, 0.5) is 8.78 Å². The van der Waals surface area contributed by atoms with E-state index in [1.165, 1.54) is 11.4 Å². The van der Waals surface area contributed by atoms with E-state index in [1.54, 1.807) is 19.1 Å². The summed E-state index contributed by atoms with van der Waals surface area (Å²) < 4.78 is 59.3. The Labute approximate surface area is 171 Å². The van der Waals surface area contributed by atoms with Crippen LogP contribution in [0.1, 0.15) is 50.6 Å². The summed E-state index contributed by atoms with van der Waals surface area (Å²) in [5.74, 6) is -2.11. The van der Waals surface area contributed by atoms with Crippen molar-refractivity contribution in [3.8, 4) is 5.88 Å². The van der Waals surface area contributed by atoms with Crippen LogP contribution in [-0.2, 0) is 10.0 Å². The number of aryl methyl sites for hydroxylation is 1. The number of rotatable bonds is 5. The molecule has 0 bridgehead atoms. The van der Waals surface area contributed by atoms with Crippen molar-refractivity contribution in [1.29, 1.82) is 0 Å². The molecule has 29 heavy (non-hydrogen) atoms. The molecule has 1 unspecified atom stereocenters. The second-order valence-electron chi connectivity index (χ2n) is 8.95. The lowest BCUT2D eigenvalue weighted by Crippen LogP contribution is -2.57. The number of methoxy groups -OCH3 is 1. The lowest BCUT2D eigenvalue weighted by Gasteiger charge is -2.47. The van der Waals surface area contributed by atoms with Gasteiger partial charge in [-0.15, -0.1) is 0 Å². The fourth-order valence-electron chi connectivity index (χ4n) is 5.10. The first-order valence-electron chi connectivity index (χ1n) is 10.3. The van der Waals surface area contributed by atoms with Crippen molar-refractivity contribution in [2.45, 2.75) is 74.8 Å². The largest absolute Gasteiger partial charge is 0.481 e. The van der Waals surface area contributed by atoms with Gasteiger partial charge in [-0.05, 0) is 50.5 Å². The zero-order chi connectivity index (χ0) is 20.9. The molecule has 2 aliphatic carbocycles. The highest BCUT2D eigenvalue weighted by atomic mass is 32.2. The second-order valence-corrected chi connectivity index (χ2v) is 10.9. The average molecular weight is 430 g/mol. The SMILES string of the molecule is COc1ccc(S(=O)(=O)N2CC3(CCC(NC4CCC(F)(F)CC4)C3)C2)c(C)n1. The molecule has 4 rings (SSSR count). The number of hydrogen-bond donors (Lipinski definition) is 1. The monoisotopic (exact) mass is 429 g/mol. The molecular weight excluding hydrogens is 400 g/mol. The molecule has 1 aliphatic heterocycles. The number of ether oxygens (including phenoxy) is 1. The van der Waals surface area contributed by atoms with Crippen molar-refractivity contribution in [3.63, 3.8) is 0 Å². The fourth-order valence-corrected chi connectivity index (χ4v) is 6.92. The van der Waals surface area contributed by atoms with E-state index in [-0.39, 0.29) is 29.2 Å². The number of aromatic nitrogens is 1. The van der Waals surface area contributed by atoms with E-state index in [4.69, 9.17) is 4.74 Å². The van der Waals surface area contributed by atoms with Gasteiger partial charge in [0.05, 0.1) is 12.8 Å². The Kier molecular flexibility index (Phi) is 5.36. The van der Waals surface area contributed by atoms with E-state index in [9.17, 15) is 17.2 Å². The van der Waals surface area contributed by atoms with Crippen molar-refractivity contribution in [3.05, 3.63) is 17.8 Å². The number of pyridine rings is 1. The number of alkyl halides is 2. The normalized spacial score (nSPS) is 27.1. The Morgan fingerprint density at radius 3 is 2.41 bits per heavy atom. The summed E-state index contributed by atoms with van der Waals surface area (Å²) in [4.78, 5) is 4.41. The molecule has 1 atom stereocenters. The maximum absolute atomic E-state index is 13.3. The molecule has 0 aromatic carbocycles. The van der Waals surface area contributed by atoms with Gasteiger partial charge in [0, 0.05) is 44.1 Å². The maximum Gasteiger partial charge on any atom is 0.248 e. The first-order chi connectivity index (χ1) is 13.6. The van der Waals surface area contributed by atoms with Crippen molar-refractivity contribution in [2.75, 3.05) is 20.2 Å². The molecule has 1 N–H and O–H groups in total. The van der Waals surface area contributed by atoms with E-state index in [0.29, 0.717) is 43.5 Å². The summed E-state index contributed by atoms with van der Waals surface area (Å²) >= 11 is 0. The molecule has 1 saturated heterocycles. The molecule has 9 heteroatoms. The average Bonchev–Trinajstić information content (AvgIpc) is 3.06. The first-order valence-corrected chi connectivity index (χ1v) is 11.7. The molecule has 1 spiro atoms. The predicted molar refractivity (Wildman–Crippen MR) is 105 cm³/mol. The number of nitrogens with zero attached hydrogens (tertiary/aromatic N) is 2. The van der Waals surface area contributed by atoms with E-state index >= 15 is 0 Å². The van der Waals surface area contributed by atoms with Crippen molar-refractivity contribution >= 4 is 10.0 Å². The highest BCUT2D eigenvalue weighted by Gasteiger charge is 2.52. The van der Waals surface area contributed by atoms with Crippen LogP contribution < -0.4 is 10.1 Å². The van der Waals surface area contributed by atoms with Crippen molar-refractivity contribution < 1.29 is 21.9 Å². The zero-order valence-corrected chi connectivity index (χ0v) is 17.8. The Morgan fingerprint density at radius 1 is 1.14 bits per heavy atom. The summed E-state index contributed by atoms with van der Waals surface area (Å²) in [5.41, 5.74) is 0.447. The summed E-state index contributed by atoms with van der Waals surface area (Å²) in [5, 5.41) is 3.56. The molecule has 1 aromatic heterocycles. The van der Waals surface area contributed by atoms with E-state index in [0.717, 1.165) is 19.3 Å². The van der Waals surface area contributed by atoms with Crippen molar-refractivity contribution in [1.82, 2.24) is 14.6 Å². The van der Waals surface area contributed by atoms with Crippen LogP contribution in [0.2, 0.25) is 0 Å². The molecule has 6 nitrogen and oxygen atoms in total. The Balaban J connectivity index is 1.33. The topological polar surface area (TPSA) is 71.5 Å². The minimum absolute atomic E-state index is 0.0111. The maximum atomic E-state index is 13.3. The van der Waals surface area contributed by atoms with E-state index in [2.05, 4.69) is 10.3 Å². The van der Waals surface area contributed by atoms with E-state index in [1.807, 2.05) is 0 Å². The summed E-state index contributed by atoms with van der Waals surface area (Å²) in [6.07, 6.45) is 3.81. The lowest BCUT2D eigenvalue weighted by molar-refractivity contribution is -0.0414. The molecule has 162 valence electrons. The van der Waals surface area contributed by atoms with Crippen LogP contribution in [0.3, 0.4) is 0 Å². The van der Waals surface area contributed by atoms with Crippen LogP contribution in [0.25, 0.3) is 0 Å². The van der Waals surface area contributed by atoms with Crippen LogP contribution in [0.5, 0.6) is 5.88 Å². The van der Waals surface area contributed by atoms with Gasteiger partial charge in [0.2, 0.25) is 21.8 Å². The van der Waals surface area contributed by atoms with E-state index < -0.39 is 15.9 Å². The Bertz CT molecular complexity index is 862. The molecule has 0 amide bonds. The van der Waals surface area contributed by atoms with Gasteiger partial charge in [0.25, 0.3) is 0 Å². The number of halogens is 2. The van der Waals surface area contributed by atoms with Gasteiger partial charge in [-0.25, -0.2) is 22.2 Å². The van der Waals surface area contributed by atoms with Gasteiger partial charge < -0.3 is 10.1 Å². The Morgan fingerprint density at radius 2 is 1.79 bits per heavy atom. The Hall–Kier alpha value is -1.32. The van der Waals surface area contributed by atoms with Gasteiger partial charge in [-0.1, -0.05) is 0 Å². The van der Waals surface area contributed by atoms with Gasteiger partial charge in [-0.2, -0.15) is 4.31 Å². The highest BCUT2D eigenvalue weighted by Crippen LogP contribution is 2.48. The highest BCUT2D eigenvalue weighted by molar-refractivity contribution is 7.89. The third kappa shape index (κ3) is 4.14. The second kappa shape index (κ2) is 7.42. The van der Waals surface area contributed by atoms with Crippen LogP contribution in [0, 0.1) is 12.3 Å². The number of hydrogen-bond acceptors (Lipinski definition) is 5. The predicted octanol–water partition coefficient (Wildman–Crippen LogP) is 3.11. The van der Waals surface area contributed by atoms with Crippen LogP contribution in [-0.4, -0.2) is 55.9 Å². The molecule has 3 fully saturated rings. The quantitative estimate of drug-likeness (QED) is 0.779. The molecule has 1 aromatic rings. The molecule has 2 saturated carbocycles.